The van der Waals surface area contributed by atoms with E-state index in [4.69, 9.17) is 0 Å². The van der Waals surface area contributed by atoms with Crippen LogP contribution in [0.4, 0.5) is 0 Å². The second kappa shape index (κ2) is 6.57. The maximum atomic E-state index is 12.2. The monoisotopic (exact) mass is 282 g/mol. The van der Waals surface area contributed by atoms with Gasteiger partial charge in [-0.3, -0.25) is 14.5 Å². The second-order valence-electron chi connectivity index (χ2n) is 6.49. The van der Waals surface area contributed by atoms with Crippen molar-refractivity contribution in [2.75, 3.05) is 32.7 Å². The van der Waals surface area contributed by atoms with Crippen LogP contribution in [0.1, 0.15) is 33.1 Å². The molecule has 0 aromatic carbocycles. The van der Waals surface area contributed by atoms with Crippen molar-refractivity contribution in [3.63, 3.8) is 0 Å². The molecular formula is C15H26N2O3. The lowest BCUT2D eigenvalue weighted by molar-refractivity contribution is -0.143. The molecule has 0 saturated carbocycles. The summed E-state index contributed by atoms with van der Waals surface area (Å²) in [6.07, 6.45) is 3.40. The van der Waals surface area contributed by atoms with Crippen LogP contribution < -0.4 is 0 Å². The number of carboxylic acids is 1. The highest BCUT2D eigenvalue weighted by molar-refractivity contribution is 5.78. The molecule has 0 bridgehead atoms. The van der Waals surface area contributed by atoms with Gasteiger partial charge in [-0.05, 0) is 31.1 Å². The van der Waals surface area contributed by atoms with E-state index in [9.17, 15) is 14.7 Å². The summed E-state index contributed by atoms with van der Waals surface area (Å²) in [5, 5.41) is 9.31. The first-order valence-corrected chi connectivity index (χ1v) is 7.72. The lowest BCUT2D eigenvalue weighted by Crippen LogP contribution is -2.42. The van der Waals surface area contributed by atoms with E-state index in [1.54, 1.807) is 0 Å². The van der Waals surface area contributed by atoms with Gasteiger partial charge in [0.15, 0.2) is 0 Å². The number of carbonyl (C=O) groups is 2. The number of likely N-dealkylation sites (tertiary alicyclic amines) is 2. The van der Waals surface area contributed by atoms with Gasteiger partial charge in [0.1, 0.15) is 0 Å². The molecule has 0 aromatic rings. The van der Waals surface area contributed by atoms with Gasteiger partial charge in [0.05, 0.1) is 12.5 Å². The quantitative estimate of drug-likeness (QED) is 0.844. The van der Waals surface area contributed by atoms with Crippen molar-refractivity contribution in [1.29, 1.82) is 0 Å². The van der Waals surface area contributed by atoms with E-state index < -0.39 is 5.97 Å². The molecule has 2 fully saturated rings. The summed E-state index contributed by atoms with van der Waals surface area (Å²) in [5.74, 6) is -0.396. The first-order chi connectivity index (χ1) is 9.49. The number of nitrogens with zero attached hydrogens (tertiary/aromatic N) is 2. The van der Waals surface area contributed by atoms with Gasteiger partial charge in [0.25, 0.3) is 0 Å². The van der Waals surface area contributed by atoms with Crippen molar-refractivity contribution >= 4 is 11.9 Å². The van der Waals surface area contributed by atoms with Gasteiger partial charge in [0, 0.05) is 26.2 Å². The lowest BCUT2D eigenvalue weighted by Gasteiger charge is -2.28. The Morgan fingerprint density at radius 2 is 1.80 bits per heavy atom. The predicted molar refractivity (Wildman–Crippen MR) is 76.3 cm³/mol. The van der Waals surface area contributed by atoms with Crippen molar-refractivity contribution in [3.05, 3.63) is 0 Å². The smallest absolute Gasteiger partial charge is 0.308 e. The Morgan fingerprint density at radius 3 is 2.30 bits per heavy atom. The minimum Gasteiger partial charge on any atom is -0.481 e. The largest absolute Gasteiger partial charge is 0.481 e. The third-order valence-electron chi connectivity index (χ3n) is 4.68. The summed E-state index contributed by atoms with van der Waals surface area (Å²) in [4.78, 5) is 27.5. The molecule has 0 spiro atoms. The Bertz CT molecular complexity index is 364. The van der Waals surface area contributed by atoms with Gasteiger partial charge in [-0.15, -0.1) is 0 Å². The van der Waals surface area contributed by atoms with Crippen LogP contribution in [0.5, 0.6) is 0 Å². The molecule has 114 valence electrons. The highest BCUT2D eigenvalue weighted by Crippen LogP contribution is 2.29. The Hall–Kier alpha value is -1.10. The fourth-order valence-electron chi connectivity index (χ4n) is 3.41. The molecule has 2 rings (SSSR count). The predicted octanol–water partition coefficient (Wildman–Crippen LogP) is 1.29. The van der Waals surface area contributed by atoms with E-state index in [2.05, 4.69) is 13.8 Å². The van der Waals surface area contributed by atoms with E-state index in [1.807, 2.05) is 9.80 Å². The van der Waals surface area contributed by atoms with E-state index in [-0.39, 0.29) is 17.7 Å². The molecule has 5 nitrogen and oxygen atoms in total. The summed E-state index contributed by atoms with van der Waals surface area (Å²) in [6, 6.07) is 0. The fraction of sp³-hybridized carbons (Fsp3) is 0.867. The van der Waals surface area contributed by atoms with E-state index in [0.29, 0.717) is 19.0 Å². The summed E-state index contributed by atoms with van der Waals surface area (Å²) >= 11 is 0. The third-order valence-corrected chi connectivity index (χ3v) is 4.68. The van der Waals surface area contributed by atoms with Gasteiger partial charge in [-0.1, -0.05) is 13.8 Å². The fourth-order valence-corrected chi connectivity index (χ4v) is 3.41. The molecule has 20 heavy (non-hydrogen) atoms. The van der Waals surface area contributed by atoms with Crippen molar-refractivity contribution < 1.29 is 14.7 Å². The van der Waals surface area contributed by atoms with Crippen LogP contribution in [0.15, 0.2) is 0 Å². The number of rotatable bonds is 4. The normalized spacial score (nSPS) is 28.1. The number of piperidine rings is 1. The molecule has 1 N–H and O–H groups in total. The van der Waals surface area contributed by atoms with Crippen molar-refractivity contribution in [3.8, 4) is 0 Å². The molecule has 0 aliphatic carbocycles. The number of hydrogen-bond acceptors (Lipinski definition) is 3. The average molecular weight is 282 g/mol. The summed E-state index contributed by atoms with van der Waals surface area (Å²) in [5.41, 5.74) is 0. The molecule has 2 aliphatic rings. The second-order valence-corrected chi connectivity index (χ2v) is 6.49. The molecule has 2 saturated heterocycles. The SMILES string of the molecule is CC(C)[C@@H]1CN(CC(=O)N2CCCCC2)C[C@H]1C(=O)O. The highest BCUT2D eigenvalue weighted by Gasteiger charge is 2.39. The number of aliphatic carboxylic acids is 1. The summed E-state index contributed by atoms with van der Waals surface area (Å²) in [6.45, 7) is 7.48. The third kappa shape index (κ3) is 3.51. The number of carboxylic acid groups (broad SMARTS) is 1. The molecule has 0 aromatic heterocycles. The Kier molecular flexibility index (Phi) is 5.02. The zero-order valence-corrected chi connectivity index (χ0v) is 12.5. The van der Waals surface area contributed by atoms with E-state index in [1.165, 1.54) is 6.42 Å². The Balaban J connectivity index is 1.90. The Labute approximate surface area is 120 Å². The molecule has 2 atom stereocenters. The van der Waals surface area contributed by atoms with Crippen molar-refractivity contribution in [2.24, 2.45) is 17.8 Å². The number of amides is 1. The van der Waals surface area contributed by atoms with E-state index >= 15 is 0 Å². The molecular weight excluding hydrogens is 256 g/mol. The van der Waals surface area contributed by atoms with Crippen LogP contribution in [0.25, 0.3) is 0 Å². The Morgan fingerprint density at radius 1 is 1.15 bits per heavy atom. The topological polar surface area (TPSA) is 60.9 Å². The number of hydrogen-bond donors (Lipinski definition) is 1. The molecule has 5 heteroatoms. The molecule has 1 amide bonds. The molecule has 0 unspecified atom stereocenters. The van der Waals surface area contributed by atoms with Gasteiger partial charge in [-0.2, -0.15) is 0 Å². The molecule has 0 radical (unpaired) electrons. The molecule has 2 heterocycles. The first-order valence-electron chi connectivity index (χ1n) is 7.72. The van der Waals surface area contributed by atoms with Gasteiger partial charge < -0.3 is 10.0 Å². The lowest BCUT2D eigenvalue weighted by atomic mass is 9.86. The maximum absolute atomic E-state index is 12.2. The minimum atomic E-state index is -0.725. The standard InChI is InChI=1S/C15H26N2O3/c1-11(2)12-8-16(9-13(12)15(19)20)10-14(18)17-6-4-3-5-7-17/h11-13H,3-10H2,1-2H3,(H,19,20)/t12-,13+/m0/s1. The van der Waals surface area contributed by atoms with E-state index in [0.717, 1.165) is 32.5 Å². The number of carbonyl (C=O) groups excluding carboxylic acids is 1. The average Bonchev–Trinajstić information content (AvgIpc) is 2.84. The van der Waals surface area contributed by atoms with Crippen LogP contribution in [-0.2, 0) is 9.59 Å². The minimum absolute atomic E-state index is 0.154. The van der Waals surface area contributed by atoms with Crippen LogP contribution in [-0.4, -0.2) is 59.5 Å². The van der Waals surface area contributed by atoms with Crippen LogP contribution in [0.2, 0.25) is 0 Å². The zero-order valence-electron chi connectivity index (χ0n) is 12.5. The van der Waals surface area contributed by atoms with Gasteiger partial charge >= 0.3 is 5.97 Å². The van der Waals surface area contributed by atoms with Crippen LogP contribution in [0, 0.1) is 17.8 Å². The van der Waals surface area contributed by atoms with Crippen molar-refractivity contribution in [2.45, 2.75) is 33.1 Å². The van der Waals surface area contributed by atoms with Crippen molar-refractivity contribution in [1.82, 2.24) is 9.80 Å². The molecule has 2 aliphatic heterocycles. The highest BCUT2D eigenvalue weighted by atomic mass is 16.4. The zero-order chi connectivity index (χ0) is 14.7. The van der Waals surface area contributed by atoms with Gasteiger partial charge in [0.2, 0.25) is 5.91 Å². The van der Waals surface area contributed by atoms with Crippen LogP contribution in [0.3, 0.4) is 0 Å². The first kappa shape index (κ1) is 15.3. The van der Waals surface area contributed by atoms with Gasteiger partial charge in [-0.25, -0.2) is 0 Å². The van der Waals surface area contributed by atoms with Crippen LogP contribution >= 0.6 is 0 Å². The summed E-state index contributed by atoms with van der Waals surface area (Å²) in [7, 11) is 0. The summed E-state index contributed by atoms with van der Waals surface area (Å²) < 4.78 is 0. The maximum Gasteiger partial charge on any atom is 0.308 e.